The quantitative estimate of drug-likeness (QED) is 0.112. The number of nitrogens with one attached hydrogen (secondary N) is 1. The lowest BCUT2D eigenvalue weighted by molar-refractivity contribution is -0.190. The number of hydroxylamine groups is 1. The Kier molecular flexibility index (Phi) is 14.0. The lowest BCUT2D eigenvalue weighted by Crippen LogP contribution is -2.49. The summed E-state index contributed by atoms with van der Waals surface area (Å²) >= 11 is 3.56. The van der Waals surface area contributed by atoms with E-state index in [1.54, 1.807) is 13.8 Å². The molecule has 0 amide bonds. The zero-order chi connectivity index (χ0) is 26.3. The van der Waals surface area contributed by atoms with Crippen molar-refractivity contribution in [3.8, 4) is 0 Å². The van der Waals surface area contributed by atoms with Crippen molar-refractivity contribution in [2.75, 3.05) is 13.2 Å². The molecule has 6 nitrogen and oxygen atoms in total. The maximum absolute atomic E-state index is 12.9. The smallest absolute Gasteiger partial charge is 0.352 e. The van der Waals surface area contributed by atoms with E-state index in [9.17, 15) is 9.59 Å². The van der Waals surface area contributed by atoms with Gasteiger partial charge in [0, 0.05) is 10.9 Å². The fraction of sp³-hybridized carbons (Fsp3) is 0.724. The van der Waals surface area contributed by atoms with Crippen LogP contribution in [0.4, 0.5) is 0 Å². The second-order valence-corrected chi connectivity index (χ2v) is 10.8. The summed E-state index contributed by atoms with van der Waals surface area (Å²) in [4.78, 5) is 31.7. The molecule has 1 aliphatic rings. The standard InChI is InChI=1S/C29H46BrNO5/c1-4-7-8-9-10-11-12-13-14-15-16-17-21-28(24-19-18-20-25(30)22-24)23-29(36-31-28,26(32)34-5-2)27(33)35-6-3/h18-20,22,31H,4-17,21,23H2,1-3H3. The summed E-state index contributed by atoms with van der Waals surface area (Å²) in [5.74, 6) is -1.41. The zero-order valence-corrected chi connectivity index (χ0v) is 24.1. The third kappa shape index (κ3) is 8.84. The number of unbranched alkanes of at least 4 members (excludes halogenated alkanes) is 11. The van der Waals surface area contributed by atoms with E-state index >= 15 is 0 Å². The number of benzene rings is 1. The van der Waals surface area contributed by atoms with Crippen molar-refractivity contribution < 1.29 is 23.9 Å². The van der Waals surface area contributed by atoms with Crippen LogP contribution in [0.1, 0.15) is 116 Å². The maximum atomic E-state index is 12.9. The number of ether oxygens (including phenoxy) is 2. The van der Waals surface area contributed by atoms with Crippen molar-refractivity contribution in [3.63, 3.8) is 0 Å². The first-order chi connectivity index (χ1) is 17.4. The van der Waals surface area contributed by atoms with Crippen molar-refractivity contribution in [3.05, 3.63) is 34.3 Å². The van der Waals surface area contributed by atoms with E-state index in [0.717, 1.165) is 29.3 Å². The van der Waals surface area contributed by atoms with Gasteiger partial charge >= 0.3 is 11.9 Å². The third-order valence-corrected chi connectivity index (χ3v) is 7.51. The lowest BCUT2D eigenvalue weighted by atomic mass is 9.77. The first-order valence-corrected chi connectivity index (χ1v) is 14.8. The SMILES string of the molecule is CCCCCCCCCCCCCCC1(c2cccc(Br)c2)CC(C(=O)OCC)(C(=O)OCC)ON1. The molecule has 0 aliphatic carbocycles. The van der Waals surface area contributed by atoms with Crippen LogP contribution in [0.2, 0.25) is 0 Å². The molecule has 0 radical (unpaired) electrons. The van der Waals surface area contributed by atoms with Gasteiger partial charge in [-0.2, -0.15) is 5.48 Å². The first-order valence-electron chi connectivity index (χ1n) is 14.0. The van der Waals surface area contributed by atoms with Gasteiger partial charge in [-0.3, -0.25) is 4.84 Å². The van der Waals surface area contributed by atoms with Crippen molar-refractivity contribution in [1.29, 1.82) is 0 Å². The average molecular weight is 569 g/mol. The molecule has 1 unspecified atom stereocenters. The van der Waals surface area contributed by atoms with Crippen LogP contribution in [0.15, 0.2) is 28.7 Å². The Bertz CT molecular complexity index is 784. The molecule has 1 atom stereocenters. The molecule has 1 aromatic rings. The molecule has 1 saturated heterocycles. The molecule has 0 aromatic heterocycles. The Labute approximate surface area is 226 Å². The van der Waals surface area contributed by atoms with Crippen LogP contribution < -0.4 is 5.48 Å². The fourth-order valence-corrected chi connectivity index (χ4v) is 5.39. The first kappa shape index (κ1) is 30.8. The molecule has 1 aliphatic heterocycles. The summed E-state index contributed by atoms with van der Waals surface area (Å²) in [7, 11) is 0. The van der Waals surface area contributed by atoms with E-state index in [2.05, 4.69) is 28.3 Å². The normalized spacial score (nSPS) is 18.8. The minimum Gasteiger partial charge on any atom is -0.463 e. The predicted octanol–water partition coefficient (Wildman–Crippen LogP) is 7.53. The second-order valence-electron chi connectivity index (χ2n) is 9.88. The largest absolute Gasteiger partial charge is 0.463 e. The Morgan fingerprint density at radius 1 is 0.861 bits per heavy atom. The van der Waals surface area contributed by atoms with Gasteiger partial charge < -0.3 is 9.47 Å². The van der Waals surface area contributed by atoms with Gasteiger partial charge in [-0.05, 0) is 38.0 Å². The molecule has 2 rings (SSSR count). The van der Waals surface area contributed by atoms with Gasteiger partial charge in [0.2, 0.25) is 0 Å². The van der Waals surface area contributed by atoms with E-state index in [1.165, 1.54) is 64.2 Å². The van der Waals surface area contributed by atoms with Crippen LogP contribution in [0, 0.1) is 0 Å². The second kappa shape index (κ2) is 16.4. The molecule has 1 heterocycles. The predicted molar refractivity (Wildman–Crippen MR) is 146 cm³/mol. The van der Waals surface area contributed by atoms with E-state index in [0.29, 0.717) is 0 Å². The number of hydrogen-bond acceptors (Lipinski definition) is 6. The highest BCUT2D eigenvalue weighted by Gasteiger charge is 2.62. The van der Waals surface area contributed by atoms with Gasteiger partial charge in [0.05, 0.1) is 18.8 Å². The van der Waals surface area contributed by atoms with Crippen molar-refractivity contribution in [2.24, 2.45) is 0 Å². The highest BCUT2D eigenvalue weighted by atomic mass is 79.9. The van der Waals surface area contributed by atoms with Gasteiger partial charge in [0.1, 0.15) is 0 Å². The lowest BCUT2D eigenvalue weighted by Gasteiger charge is -2.29. The van der Waals surface area contributed by atoms with E-state index in [4.69, 9.17) is 14.3 Å². The summed E-state index contributed by atoms with van der Waals surface area (Å²) in [5, 5.41) is 0. The number of carbonyl (C=O) groups excluding carboxylic acids is 2. The van der Waals surface area contributed by atoms with Gasteiger partial charge in [0.25, 0.3) is 5.60 Å². The fourth-order valence-electron chi connectivity index (χ4n) is 4.99. The molecule has 1 fully saturated rings. The minimum absolute atomic E-state index is 0.131. The van der Waals surface area contributed by atoms with Crippen LogP contribution in [-0.2, 0) is 29.4 Å². The summed E-state index contributed by atoms with van der Waals surface area (Å²) < 4.78 is 11.4. The van der Waals surface area contributed by atoms with E-state index < -0.39 is 23.1 Å². The Morgan fingerprint density at radius 3 is 1.89 bits per heavy atom. The maximum Gasteiger partial charge on any atom is 0.352 e. The van der Waals surface area contributed by atoms with E-state index in [1.807, 2.05) is 24.3 Å². The van der Waals surface area contributed by atoms with E-state index in [-0.39, 0.29) is 19.6 Å². The molecule has 7 heteroatoms. The molecule has 0 bridgehead atoms. The van der Waals surface area contributed by atoms with Gasteiger partial charge in [-0.25, -0.2) is 9.59 Å². The Hall–Kier alpha value is -1.44. The number of rotatable bonds is 18. The molecular weight excluding hydrogens is 522 g/mol. The van der Waals surface area contributed by atoms with Gasteiger partial charge in [0.15, 0.2) is 0 Å². The van der Waals surface area contributed by atoms with Crippen LogP contribution in [0.5, 0.6) is 0 Å². The number of esters is 2. The van der Waals surface area contributed by atoms with Crippen LogP contribution in [0.25, 0.3) is 0 Å². The molecule has 204 valence electrons. The highest BCUT2D eigenvalue weighted by molar-refractivity contribution is 9.10. The molecule has 1 aromatic carbocycles. The number of carbonyl (C=O) groups is 2. The summed E-state index contributed by atoms with van der Waals surface area (Å²) in [5.41, 5.74) is 1.56. The summed E-state index contributed by atoms with van der Waals surface area (Å²) in [6.45, 7) is 6.01. The molecule has 0 saturated carbocycles. The monoisotopic (exact) mass is 567 g/mol. The Balaban J connectivity index is 1.97. The van der Waals surface area contributed by atoms with Crippen molar-refractivity contribution in [2.45, 2.75) is 122 Å². The average Bonchev–Trinajstić information content (AvgIpc) is 3.27. The Morgan fingerprint density at radius 2 is 1.39 bits per heavy atom. The highest BCUT2D eigenvalue weighted by Crippen LogP contribution is 2.44. The van der Waals surface area contributed by atoms with Gasteiger partial charge in [-0.1, -0.05) is 112 Å². The number of halogens is 1. The molecule has 36 heavy (non-hydrogen) atoms. The summed E-state index contributed by atoms with van der Waals surface area (Å²) in [6.07, 6.45) is 16.1. The molecule has 0 spiro atoms. The number of hydrogen-bond donors (Lipinski definition) is 1. The van der Waals surface area contributed by atoms with Crippen molar-refractivity contribution >= 4 is 27.9 Å². The molecular formula is C29H46BrNO5. The topological polar surface area (TPSA) is 73.9 Å². The summed E-state index contributed by atoms with van der Waals surface area (Å²) in [6, 6.07) is 7.94. The van der Waals surface area contributed by atoms with Crippen LogP contribution >= 0.6 is 15.9 Å². The molecule has 1 N–H and O–H groups in total. The van der Waals surface area contributed by atoms with Crippen LogP contribution in [-0.4, -0.2) is 30.8 Å². The zero-order valence-electron chi connectivity index (χ0n) is 22.5. The van der Waals surface area contributed by atoms with Crippen molar-refractivity contribution in [1.82, 2.24) is 5.48 Å². The van der Waals surface area contributed by atoms with Gasteiger partial charge in [-0.15, -0.1) is 0 Å². The van der Waals surface area contributed by atoms with Crippen LogP contribution in [0.3, 0.4) is 0 Å². The minimum atomic E-state index is -1.81. The third-order valence-electron chi connectivity index (χ3n) is 7.02.